The fourth-order valence-electron chi connectivity index (χ4n) is 8.74. The van der Waals surface area contributed by atoms with E-state index >= 15 is 4.39 Å². The number of aromatic nitrogens is 1. The summed E-state index contributed by atoms with van der Waals surface area (Å²) < 4.78 is 26.8. The molecule has 0 bridgehead atoms. The number of carbonyl (C=O) groups is 3. The van der Waals surface area contributed by atoms with Gasteiger partial charge in [0, 0.05) is 48.7 Å². The van der Waals surface area contributed by atoms with Crippen molar-refractivity contribution in [3.05, 3.63) is 177 Å². The minimum Gasteiger partial charge on any atom is -0.506 e. The Morgan fingerprint density at radius 2 is 1.54 bits per heavy atom. The number of phenols is 1. The van der Waals surface area contributed by atoms with Crippen LogP contribution >= 0.6 is 0 Å². The molecule has 0 spiro atoms. The minimum atomic E-state index is -2.13. The van der Waals surface area contributed by atoms with E-state index in [0.717, 1.165) is 32.5 Å². The topological polar surface area (TPSA) is 203 Å². The van der Waals surface area contributed by atoms with Crippen LogP contribution in [-0.4, -0.2) is 87.9 Å². The Kier molecular flexibility index (Phi) is 14.7. The predicted molar refractivity (Wildman–Crippen MR) is 248 cm³/mol. The average Bonchev–Trinajstić information content (AvgIpc) is 3.33. The maximum atomic E-state index is 15.1. The van der Waals surface area contributed by atoms with Gasteiger partial charge in [0.1, 0.15) is 17.3 Å². The van der Waals surface area contributed by atoms with Crippen LogP contribution in [0.5, 0.6) is 11.5 Å². The molecule has 1 aromatic heterocycles. The van der Waals surface area contributed by atoms with Crippen LogP contribution in [0.15, 0.2) is 132 Å². The minimum absolute atomic E-state index is 0.0927. The number of H-pyrrole nitrogens is 1. The zero-order chi connectivity index (χ0) is 46.9. The summed E-state index contributed by atoms with van der Waals surface area (Å²) >= 11 is 0. The number of nitrogens with one attached hydrogen (secondary N) is 4. The number of nitrogens with zero attached hydrogens (tertiary/aromatic N) is 1. The Bertz CT molecular complexity index is 2740. The van der Waals surface area contributed by atoms with Crippen LogP contribution in [0.3, 0.4) is 0 Å². The summed E-state index contributed by atoms with van der Waals surface area (Å²) in [5, 5.41) is 42.3. The van der Waals surface area contributed by atoms with Crippen LogP contribution in [0.2, 0.25) is 0 Å². The lowest BCUT2D eigenvalue weighted by molar-refractivity contribution is -0.164. The summed E-state index contributed by atoms with van der Waals surface area (Å²) in [7, 11) is 0. The molecule has 1 aliphatic heterocycles. The number of likely N-dealkylation sites (tertiary alicyclic amines) is 1. The predicted octanol–water partition coefficient (Wildman–Crippen LogP) is 5.34. The molecule has 2 fully saturated rings. The number of halogens is 1. The number of aromatic hydroxyl groups is 1. The molecular formula is C52H54FN5O9. The van der Waals surface area contributed by atoms with Gasteiger partial charge in [-0.15, -0.1) is 0 Å². The largest absolute Gasteiger partial charge is 0.506 e. The first-order chi connectivity index (χ1) is 32.4. The maximum Gasteiger partial charge on any atom is 0.347 e. The Morgan fingerprint density at radius 3 is 2.28 bits per heavy atom. The summed E-state index contributed by atoms with van der Waals surface area (Å²) in [4.78, 5) is 56.4. The smallest absolute Gasteiger partial charge is 0.347 e. The quantitative estimate of drug-likeness (QED) is 0.0549. The molecule has 2 amide bonds. The lowest BCUT2D eigenvalue weighted by Crippen LogP contribution is -2.54. The number of piperidine rings is 1. The van der Waals surface area contributed by atoms with Crippen molar-refractivity contribution < 1.29 is 43.6 Å². The molecule has 6 aromatic rings. The molecule has 1 saturated carbocycles. The average molecular weight is 912 g/mol. The standard InChI is InChI=1S/C52H54FN5O9/c53-44-24-35(28-54-29-46(60)41-16-18-45(59)49-42(41)17-19-47(61)57-49)14-15-43(44)50(63)56-39-26-38(27-39)55-48(62)32-66-40-13-7-12-37(25-40)52(65,36-10-5-2-6-11-36)51(64)67-31-34-20-22-58(23-21-34)30-33-8-3-1-4-9-33/h1-19,24-25,34,38-39,46,54,59-60,65H,20-23,26-32H2,(H,55,62)(H,56,63)(H,57,61)/t38-,39-,46-,52-/m0/s1. The van der Waals surface area contributed by atoms with Crippen LogP contribution in [0, 0.1) is 11.7 Å². The van der Waals surface area contributed by atoms with E-state index in [-0.39, 0.29) is 78.0 Å². The molecule has 8 rings (SSSR count). The van der Waals surface area contributed by atoms with E-state index in [2.05, 4.69) is 38.0 Å². The van der Waals surface area contributed by atoms with E-state index in [1.807, 2.05) is 18.2 Å². The van der Waals surface area contributed by atoms with E-state index in [0.29, 0.717) is 34.9 Å². The molecule has 1 aliphatic carbocycles. The molecule has 7 N–H and O–H groups in total. The Balaban J connectivity index is 0.774. The molecule has 1 saturated heterocycles. The first-order valence-corrected chi connectivity index (χ1v) is 22.5. The normalized spacial score (nSPS) is 17.7. The number of rotatable bonds is 18. The molecule has 67 heavy (non-hydrogen) atoms. The molecule has 15 heteroatoms. The van der Waals surface area contributed by atoms with Crippen molar-refractivity contribution in [3.8, 4) is 11.5 Å². The third-order valence-electron chi connectivity index (χ3n) is 12.6. The van der Waals surface area contributed by atoms with Crippen molar-refractivity contribution in [3.63, 3.8) is 0 Å². The SMILES string of the molecule is O=C(COc1cccc([C@](O)(C(=O)OCC2CCN(Cc3ccccc3)CC2)c2ccccc2)c1)N[C@H]1C[C@H](NC(=O)c2ccc(CNC[C@H](O)c3ccc(O)c4[nH]c(=O)ccc34)cc2F)C1. The maximum absolute atomic E-state index is 15.1. The summed E-state index contributed by atoms with van der Waals surface area (Å²) in [6, 6.07) is 34.8. The van der Waals surface area contributed by atoms with Gasteiger partial charge in [0.05, 0.1) is 23.8 Å². The highest BCUT2D eigenvalue weighted by Gasteiger charge is 2.42. The molecule has 14 nitrogen and oxygen atoms in total. The first kappa shape index (κ1) is 46.6. The lowest BCUT2D eigenvalue weighted by atomic mass is 9.86. The van der Waals surface area contributed by atoms with E-state index in [4.69, 9.17) is 9.47 Å². The summed E-state index contributed by atoms with van der Waals surface area (Å²) in [5.74, 6) is -2.17. The summed E-state index contributed by atoms with van der Waals surface area (Å²) in [6.45, 7) is 2.77. The zero-order valence-corrected chi connectivity index (χ0v) is 36.8. The van der Waals surface area contributed by atoms with Crippen LogP contribution in [0.4, 0.5) is 4.39 Å². The van der Waals surface area contributed by atoms with Crippen molar-refractivity contribution in [2.45, 2.75) is 62.6 Å². The summed E-state index contributed by atoms with van der Waals surface area (Å²) in [6.07, 6.45) is 1.61. The van der Waals surface area contributed by atoms with Crippen LogP contribution in [0.25, 0.3) is 10.9 Å². The number of aliphatic hydroxyl groups excluding tert-OH is 1. The number of benzene rings is 5. The highest BCUT2D eigenvalue weighted by molar-refractivity contribution is 5.95. The molecule has 5 aromatic carbocycles. The second kappa shape index (κ2) is 21.2. The number of amides is 2. The molecule has 2 heterocycles. The number of aliphatic hydroxyl groups is 2. The number of hydrogen-bond donors (Lipinski definition) is 7. The fraction of sp³-hybridized carbons (Fsp3) is 0.308. The molecule has 2 aliphatic rings. The van der Waals surface area contributed by atoms with Gasteiger partial charge in [0.25, 0.3) is 11.8 Å². The highest BCUT2D eigenvalue weighted by Crippen LogP contribution is 2.34. The van der Waals surface area contributed by atoms with Gasteiger partial charge in [-0.1, -0.05) is 84.9 Å². The van der Waals surface area contributed by atoms with Crippen molar-refractivity contribution in [1.82, 2.24) is 25.8 Å². The number of esters is 1. The highest BCUT2D eigenvalue weighted by atomic mass is 19.1. The number of carbonyl (C=O) groups excluding carboxylic acids is 3. The van der Waals surface area contributed by atoms with Crippen LogP contribution < -0.4 is 26.2 Å². The number of pyridine rings is 1. The molecule has 2 atom stereocenters. The van der Waals surface area contributed by atoms with E-state index in [9.17, 15) is 34.5 Å². The van der Waals surface area contributed by atoms with Crippen molar-refractivity contribution in [1.29, 1.82) is 0 Å². The monoisotopic (exact) mass is 911 g/mol. The van der Waals surface area contributed by atoms with E-state index < -0.39 is 35.3 Å². The summed E-state index contributed by atoms with van der Waals surface area (Å²) in [5.41, 5.74) is 0.453. The molecule has 0 radical (unpaired) electrons. The van der Waals surface area contributed by atoms with Crippen LogP contribution in [0.1, 0.15) is 70.0 Å². The number of aromatic amines is 1. The van der Waals surface area contributed by atoms with Gasteiger partial charge in [-0.05, 0) is 103 Å². The Labute approximate surface area is 386 Å². The van der Waals surface area contributed by atoms with E-state index in [1.54, 1.807) is 60.7 Å². The van der Waals surface area contributed by atoms with Gasteiger partial charge < -0.3 is 45.7 Å². The van der Waals surface area contributed by atoms with Gasteiger partial charge >= 0.3 is 5.97 Å². The van der Waals surface area contributed by atoms with Gasteiger partial charge in [-0.3, -0.25) is 19.3 Å². The molecule has 0 unspecified atom stereocenters. The molecular weight excluding hydrogens is 858 g/mol. The second-order valence-corrected chi connectivity index (χ2v) is 17.3. The fourth-order valence-corrected chi connectivity index (χ4v) is 8.74. The number of phenolic OH excluding ortho intramolecular Hbond substituents is 1. The number of fused-ring (bicyclic) bond motifs is 1. The van der Waals surface area contributed by atoms with Crippen molar-refractivity contribution in [2.75, 3.05) is 32.8 Å². The van der Waals surface area contributed by atoms with E-state index in [1.165, 1.54) is 42.0 Å². The second-order valence-electron chi connectivity index (χ2n) is 17.3. The van der Waals surface area contributed by atoms with Gasteiger partial charge in [-0.25, -0.2) is 9.18 Å². The lowest BCUT2D eigenvalue weighted by Gasteiger charge is -2.36. The van der Waals surface area contributed by atoms with Gasteiger partial charge in [0.15, 0.2) is 6.61 Å². The van der Waals surface area contributed by atoms with Crippen molar-refractivity contribution >= 4 is 28.7 Å². The third-order valence-corrected chi connectivity index (χ3v) is 12.6. The Hall–Kier alpha value is -6.91. The van der Waals surface area contributed by atoms with Gasteiger partial charge in [0.2, 0.25) is 11.2 Å². The van der Waals surface area contributed by atoms with Gasteiger partial charge in [-0.2, -0.15) is 0 Å². The third kappa shape index (κ3) is 11.4. The molecule has 348 valence electrons. The number of hydrogen-bond acceptors (Lipinski definition) is 11. The zero-order valence-electron chi connectivity index (χ0n) is 36.8. The first-order valence-electron chi connectivity index (χ1n) is 22.5. The van der Waals surface area contributed by atoms with Crippen LogP contribution in [-0.2, 0) is 33.0 Å². The number of ether oxygens (including phenoxy) is 2. The van der Waals surface area contributed by atoms with Crippen molar-refractivity contribution in [2.24, 2.45) is 5.92 Å². The Morgan fingerprint density at radius 1 is 0.821 bits per heavy atom.